The van der Waals surface area contributed by atoms with Crippen LogP contribution in [0.3, 0.4) is 0 Å². The van der Waals surface area contributed by atoms with Crippen LogP contribution in [0.15, 0.2) is 36.5 Å². The average Bonchev–Trinajstić information content (AvgIpc) is 2.95. The molecule has 0 saturated carbocycles. The van der Waals surface area contributed by atoms with Crippen molar-refractivity contribution in [3.63, 3.8) is 0 Å². The van der Waals surface area contributed by atoms with Crippen LogP contribution in [0.5, 0.6) is 0 Å². The standard InChI is InChI=1S/C11H10N4S/c1-2-4-10-9(3-1)14-11(16-10)12-7-8-5-6-13-15-8/h1-6H,7H2,(H,12,14)(H,13,15). The molecule has 3 rings (SSSR count). The van der Waals surface area contributed by atoms with Gasteiger partial charge in [-0.25, -0.2) is 4.98 Å². The summed E-state index contributed by atoms with van der Waals surface area (Å²) >= 11 is 1.66. The van der Waals surface area contributed by atoms with Gasteiger partial charge in [0.2, 0.25) is 0 Å². The van der Waals surface area contributed by atoms with E-state index in [1.165, 1.54) is 4.70 Å². The first-order valence-corrected chi connectivity index (χ1v) is 5.81. The molecule has 0 atom stereocenters. The van der Waals surface area contributed by atoms with Gasteiger partial charge in [-0.2, -0.15) is 5.10 Å². The van der Waals surface area contributed by atoms with Crippen molar-refractivity contribution in [3.8, 4) is 0 Å². The van der Waals surface area contributed by atoms with E-state index in [-0.39, 0.29) is 0 Å². The Labute approximate surface area is 96.3 Å². The van der Waals surface area contributed by atoms with Gasteiger partial charge >= 0.3 is 0 Å². The number of anilines is 1. The van der Waals surface area contributed by atoms with E-state index in [1.54, 1.807) is 17.5 Å². The molecule has 0 unspecified atom stereocenters. The van der Waals surface area contributed by atoms with Crippen molar-refractivity contribution in [3.05, 3.63) is 42.2 Å². The summed E-state index contributed by atoms with van der Waals surface area (Å²) in [5.41, 5.74) is 2.10. The monoisotopic (exact) mass is 230 g/mol. The largest absolute Gasteiger partial charge is 0.356 e. The Bertz CT molecular complexity index is 552. The van der Waals surface area contributed by atoms with E-state index in [1.807, 2.05) is 24.3 Å². The normalized spacial score (nSPS) is 10.8. The molecular weight excluding hydrogens is 220 g/mol. The molecule has 0 spiro atoms. The predicted octanol–water partition coefficient (Wildman–Crippen LogP) is 2.63. The first kappa shape index (κ1) is 9.35. The van der Waals surface area contributed by atoms with E-state index in [4.69, 9.17) is 0 Å². The van der Waals surface area contributed by atoms with Crippen LogP contribution < -0.4 is 5.32 Å². The number of benzene rings is 1. The van der Waals surface area contributed by atoms with Crippen LogP contribution >= 0.6 is 11.3 Å². The number of hydrogen-bond acceptors (Lipinski definition) is 4. The lowest BCUT2D eigenvalue weighted by atomic mass is 10.3. The van der Waals surface area contributed by atoms with Crippen molar-refractivity contribution in [2.75, 3.05) is 5.32 Å². The maximum Gasteiger partial charge on any atom is 0.184 e. The molecule has 2 heterocycles. The molecule has 0 radical (unpaired) electrons. The second kappa shape index (κ2) is 3.94. The minimum atomic E-state index is 0.722. The highest BCUT2D eigenvalue weighted by Gasteiger charge is 2.02. The third-order valence-electron chi connectivity index (χ3n) is 2.28. The molecule has 0 bridgehead atoms. The van der Waals surface area contributed by atoms with Crippen LogP contribution in [0.4, 0.5) is 5.13 Å². The quantitative estimate of drug-likeness (QED) is 0.727. The SMILES string of the molecule is c1ccc2sc(NCc3ccn[nH]3)nc2c1. The van der Waals surface area contributed by atoms with Crippen molar-refractivity contribution >= 4 is 26.7 Å². The lowest BCUT2D eigenvalue weighted by Crippen LogP contribution is -1.98. The smallest absolute Gasteiger partial charge is 0.184 e. The number of aromatic nitrogens is 3. The van der Waals surface area contributed by atoms with E-state index in [9.17, 15) is 0 Å². The molecular formula is C11H10N4S. The van der Waals surface area contributed by atoms with Crippen molar-refractivity contribution < 1.29 is 0 Å². The molecule has 1 aromatic carbocycles. The minimum Gasteiger partial charge on any atom is -0.356 e. The van der Waals surface area contributed by atoms with Crippen molar-refractivity contribution in [1.82, 2.24) is 15.2 Å². The predicted molar refractivity (Wildman–Crippen MR) is 65.5 cm³/mol. The molecule has 0 aliphatic rings. The van der Waals surface area contributed by atoms with E-state index in [0.29, 0.717) is 0 Å². The summed E-state index contributed by atoms with van der Waals surface area (Å²) < 4.78 is 1.20. The van der Waals surface area contributed by atoms with Gasteiger partial charge in [0.25, 0.3) is 0 Å². The van der Waals surface area contributed by atoms with Gasteiger partial charge in [0.15, 0.2) is 5.13 Å². The summed E-state index contributed by atoms with van der Waals surface area (Å²) in [7, 11) is 0. The van der Waals surface area contributed by atoms with Crippen LogP contribution in [0.2, 0.25) is 0 Å². The zero-order chi connectivity index (χ0) is 10.8. The Hall–Kier alpha value is -1.88. The Morgan fingerprint density at radius 3 is 3.00 bits per heavy atom. The number of H-pyrrole nitrogens is 1. The van der Waals surface area contributed by atoms with Crippen molar-refractivity contribution in [2.45, 2.75) is 6.54 Å². The summed E-state index contributed by atoms with van der Waals surface area (Å²) in [5, 5.41) is 11.0. The number of rotatable bonds is 3. The fourth-order valence-corrected chi connectivity index (χ4v) is 2.36. The van der Waals surface area contributed by atoms with Gasteiger partial charge in [0, 0.05) is 6.20 Å². The molecule has 0 saturated heterocycles. The zero-order valence-corrected chi connectivity index (χ0v) is 9.29. The average molecular weight is 230 g/mol. The Kier molecular flexibility index (Phi) is 2.30. The minimum absolute atomic E-state index is 0.722. The number of nitrogens with one attached hydrogen (secondary N) is 2. The summed E-state index contributed by atoms with van der Waals surface area (Å²) in [4.78, 5) is 4.49. The highest BCUT2D eigenvalue weighted by atomic mass is 32.1. The van der Waals surface area contributed by atoms with Gasteiger partial charge in [-0.1, -0.05) is 23.5 Å². The van der Waals surface area contributed by atoms with Gasteiger partial charge in [-0.05, 0) is 18.2 Å². The van der Waals surface area contributed by atoms with Gasteiger partial charge in [-0.15, -0.1) is 0 Å². The fourth-order valence-electron chi connectivity index (χ4n) is 1.50. The fraction of sp³-hybridized carbons (Fsp3) is 0.0909. The molecule has 0 aliphatic carbocycles. The van der Waals surface area contributed by atoms with Crippen molar-refractivity contribution in [2.24, 2.45) is 0 Å². The van der Waals surface area contributed by atoms with E-state index >= 15 is 0 Å². The summed E-state index contributed by atoms with van der Waals surface area (Å²) in [6.07, 6.45) is 1.75. The molecule has 4 nitrogen and oxygen atoms in total. The topological polar surface area (TPSA) is 53.6 Å². The zero-order valence-electron chi connectivity index (χ0n) is 8.47. The van der Waals surface area contributed by atoms with E-state index < -0.39 is 0 Å². The number of thiazole rings is 1. The van der Waals surface area contributed by atoms with Gasteiger partial charge in [0.05, 0.1) is 22.5 Å². The molecule has 0 amide bonds. The van der Waals surface area contributed by atoms with Crippen LogP contribution in [0, 0.1) is 0 Å². The number of fused-ring (bicyclic) bond motifs is 1. The second-order valence-electron chi connectivity index (χ2n) is 3.42. The highest BCUT2D eigenvalue weighted by molar-refractivity contribution is 7.22. The van der Waals surface area contributed by atoms with Gasteiger partial charge in [-0.3, -0.25) is 5.10 Å². The third kappa shape index (κ3) is 1.77. The molecule has 16 heavy (non-hydrogen) atoms. The van der Waals surface area contributed by atoms with Crippen molar-refractivity contribution in [1.29, 1.82) is 0 Å². The molecule has 80 valence electrons. The number of hydrogen-bond donors (Lipinski definition) is 2. The van der Waals surface area contributed by atoms with Crippen LogP contribution in [0.1, 0.15) is 5.69 Å². The molecule has 3 aromatic rings. The summed E-state index contributed by atoms with van der Waals surface area (Å²) in [6, 6.07) is 10.1. The maximum absolute atomic E-state index is 4.49. The lowest BCUT2D eigenvalue weighted by Gasteiger charge is -1.97. The third-order valence-corrected chi connectivity index (χ3v) is 3.28. The van der Waals surface area contributed by atoms with E-state index in [0.717, 1.165) is 22.9 Å². The molecule has 0 aliphatic heterocycles. The molecule has 2 aromatic heterocycles. The maximum atomic E-state index is 4.49. The first-order chi connectivity index (χ1) is 7.92. The van der Waals surface area contributed by atoms with Gasteiger partial charge in [0.1, 0.15) is 0 Å². The number of para-hydroxylation sites is 1. The molecule has 2 N–H and O–H groups in total. The molecule has 0 fully saturated rings. The number of aromatic amines is 1. The lowest BCUT2D eigenvalue weighted by molar-refractivity contribution is 0.980. The van der Waals surface area contributed by atoms with Gasteiger partial charge < -0.3 is 5.32 Å². The Morgan fingerprint density at radius 1 is 1.25 bits per heavy atom. The second-order valence-corrected chi connectivity index (χ2v) is 4.45. The summed E-state index contributed by atoms with van der Waals surface area (Å²) in [6.45, 7) is 0.722. The Balaban J connectivity index is 1.79. The summed E-state index contributed by atoms with van der Waals surface area (Å²) in [5.74, 6) is 0. The van der Waals surface area contributed by atoms with Crippen LogP contribution in [-0.4, -0.2) is 15.2 Å². The highest BCUT2D eigenvalue weighted by Crippen LogP contribution is 2.25. The van der Waals surface area contributed by atoms with E-state index in [2.05, 4.69) is 26.6 Å². The molecule has 5 heteroatoms. The van der Waals surface area contributed by atoms with Crippen LogP contribution in [0.25, 0.3) is 10.2 Å². The Morgan fingerprint density at radius 2 is 2.19 bits per heavy atom. The van der Waals surface area contributed by atoms with Crippen LogP contribution in [-0.2, 0) is 6.54 Å². The first-order valence-electron chi connectivity index (χ1n) is 4.99. The number of nitrogens with zero attached hydrogens (tertiary/aromatic N) is 2.